The molecule has 1 aliphatic rings. The van der Waals surface area contributed by atoms with E-state index in [1.807, 2.05) is 29.2 Å². The number of ether oxygens (including phenoxy) is 1. The van der Waals surface area contributed by atoms with Crippen LogP contribution in [0.5, 0.6) is 5.75 Å². The van der Waals surface area contributed by atoms with Gasteiger partial charge in [0.2, 0.25) is 5.91 Å². The van der Waals surface area contributed by atoms with Crippen LogP contribution in [-0.2, 0) is 22.6 Å². The summed E-state index contributed by atoms with van der Waals surface area (Å²) in [6.45, 7) is 9.06. The van der Waals surface area contributed by atoms with E-state index in [0.29, 0.717) is 31.2 Å². The standard InChI is InChI=1S/C30H35N3O3/c1-20(2)17-28(34)33-16-13-24-9-10-26(18-27(24)29(33)25-7-5-21(3)6-8-25)36-22(4)30(35)32-19-23-11-14-31-15-12-23/h5-12,14-15,18,20,22,29H,13,16-17,19H2,1-4H3,(H,32,35). The summed E-state index contributed by atoms with van der Waals surface area (Å²) in [7, 11) is 0. The lowest BCUT2D eigenvalue weighted by Crippen LogP contribution is -2.41. The molecule has 2 atom stereocenters. The van der Waals surface area contributed by atoms with Crippen molar-refractivity contribution in [3.63, 3.8) is 0 Å². The van der Waals surface area contributed by atoms with Gasteiger partial charge in [-0.1, -0.05) is 49.7 Å². The van der Waals surface area contributed by atoms with E-state index < -0.39 is 6.10 Å². The predicted molar refractivity (Wildman–Crippen MR) is 141 cm³/mol. The predicted octanol–water partition coefficient (Wildman–Crippen LogP) is 4.99. The van der Waals surface area contributed by atoms with E-state index in [4.69, 9.17) is 4.74 Å². The number of amides is 2. The van der Waals surface area contributed by atoms with Crippen LogP contribution in [0.1, 0.15) is 61.1 Å². The molecule has 188 valence electrons. The van der Waals surface area contributed by atoms with Crippen LogP contribution in [0, 0.1) is 12.8 Å². The molecule has 2 amide bonds. The number of benzene rings is 2. The maximum absolute atomic E-state index is 13.2. The van der Waals surface area contributed by atoms with E-state index in [9.17, 15) is 9.59 Å². The first-order chi connectivity index (χ1) is 17.3. The second-order valence-corrected chi connectivity index (χ2v) is 9.94. The monoisotopic (exact) mass is 485 g/mol. The minimum absolute atomic E-state index is 0.163. The van der Waals surface area contributed by atoms with Crippen molar-refractivity contribution in [3.05, 3.63) is 94.8 Å². The van der Waals surface area contributed by atoms with Crippen molar-refractivity contribution in [2.45, 2.75) is 59.2 Å². The first kappa shape index (κ1) is 25.4. The fourth-order valence-corrected chi connectivity index (χ4v) is 4.60. The number of nitrogens with zero attached hydrogens (tertiary/aromatic N) is 2. The van der Waals surface area contributed by atoms with Crippen molar-refractivity contribution in [3.8, 4) is 5.75 Å². The molecule has 2 heterocycles. The molecule has 36 heavy (non-hydrogen) atoms. The fourth-order valence-electron chi connectivity index (χ4n) is 4.60. The minimum Gasteiger partial charge on any atom is -0.481 e. The molecule has 1 N–H and O–H groups in total. The first-order valence-electron chi connectivity index (χ1n) is 12.6. The maximum atomic E-state index is 13.2. The molecular formula is C30H35N3O3. The molecule has 0 saturated carbocycles. The third kappa shape index (κ3) is 6.11. The average molecular weight is 486 g/mol. The summed E-state index contributed by atoms with van der Waals surface area (Å²) in [5.74, 6) is 0.888. The van der Waals surface area contributed by atoms with Gasteiger partial charge >= 0.3 is 0 Å². The van der Waals surface area contributed by atoms with Gasteiger partial charge in [-0.2, -0.15) is 0 Å². The zero-order valence-electron chi connectivity index (χ0n) is 21.5. The highest BCUT2D eigenvalue weighted by molar-refractivity contribution is 5.80. The SMILES string of the molecule is Cc1ccc(C2c3cc(OC(C)C(=O)NCc4ccncc4)ccc3CCN2C(=O)CC(C)C)cc1. The summed E-state index contributed by atoms with van der Waals surface area (Å²) in [5.41, 5.74) is 5.50. The number of rotatable bonds is 8. The van der Waals surface area contributed by atoms with E-state index in [-0.39, 0.29) is 17.9 Å². The van der Waals surface area contributed by atoms with Crippen molar-refractivity contribution >= 4 is 11.8 Å². The Kier molecular flexibility index (Phi) is 8.04. The van der Waals surface area contributed by atoms with Crippen LogP contribution in [0.15, 0.2) is 67.0 Å². The molecule has 6 nitrogen and oxygen atoms in total. The lowest BCUT2D eigenvalue weighted by atomic mass is 9.87. The van der Waals surface area contributed by atoms with Crippen LogP contribution < -0.4 is 10.1 Å². The number of nitrogens with one attached hydrogen (secondary N) is 1. The Morgan fingerprint density at radius 1 is 1.06 bits per heavy atom. The molecule has 2 unspecified atom stereocenters. The van der Waals surface area contributed by atoms with Gasteiger partial charge in [-0.15, -0.1) is 0 Å². The molecule has 0 radical (unpaired) electrons. The molecule has 0 saturated heterocycles. The largest absolute Gasteiger partial charge is 0.481 e. The number of fused-ring (bicyclic) bond motifs is 1. The van der Waals surface area contributed by atoms with Crippen molar-refractivity contribution in [1.82, 2.24) is 15.2 Å². The Balaban J connectivity index is 1.56. The second kappa shape index (κ2) is 11.4. The Hall–Kier alpha value is -3.67. The van der Waals surface area contributed by atoms with Gasteiger partial charge in [0.1, 0.15) is 5.75 Å². The number of carbonyl (C=O) groups excluding carboxylic acids is 2. The average Bonchev–Trinajstić information content (AvgIpc) is 2.87. The molecule has 3 aromatic rings. The number of aryl methyl sites for hydroxylation is 1. The second-order valence-electron chi connectivity index (χ2n) is 9.94. The molecule has 0 spiro atoms. The van der Waals surface area contributed by atoms with Crippen LogP contribution in [0.4, 0.5) is 0 Å². The maximum Gasteiger partial charge on any atom is 0.261 e. The Bertz CT molecular complexity index is 1190. The summed E-state index contributed by atoms with van der Waals surface area (Å²) in [6, 6.07) is 17.9. The summed E-state index contributed by atoms with van der Waals surface area (Å²) < 4.78 is 6.07. The van der Waals surface area contributed by atoms with E-state index in [1.165, 1.54) is 11.1 Å². The topological polar surface area (TPSA) is 71.5 Å². The van der Waals surface area contributed by atoms with Crippen molar-refractivity contribution in [1.29, 1.82) is 0 Å². The number of hydrogen-bond acceptors (Lipinski definition) is 4. The van der Waals surface area contributed by atoms with Crippen molar-refractivity contribution in [2.24, 2.45) is 5.92 Å². The van der Waals surface area contributed by atoms with Gasteiger partial charge < -0.3 is 15.0 Å². The summed E-state index contributed by atoms with van der Waals surface area (Å²) in [6.07, 6.45) is 4.05. The lowest BCUT2D eigenvalue weighted by Gasteiger charge is -2.38. The number of carbonyl (C=O) groups is 2. The van der Waals surface area contributed by atoms with E-state index >= 15 is 0 Å². The molecule has 0 fully saturated rings. The third-order valence-corrected chi connectivity index (χ3v) is 6.54. The van der Waals surface area contributed by atoms with E-state index in [0.717, 1.165) is 23.1 Å². The normalized spacial score (nSPS) is 15.8. The highest BCUT2D eigenvalue weighted by atomic mass is 16.5. The van der Waals surface area contributed by atoms with Crippen LogP contribution in [-0.4, -0.2) is 34.3 Å². The van der Waals surface area contributed by atoms with Crippen LogP contribution in [0.2, 0.25) is 0 Å². The molecule has 0 aliphatic carbocycles. The third-order valence-electron chi connectivity index (χ3n) is 6.54. The van der Waals surface area contributed by atoms with Gasteiger partial charge in [-0.25, -0.2) is 0 Å². The highest BCUT2D eigenvalue weighted by Crippen LogP contribution is 2.38. The fraction of sp³-hybridized carbons (Fsp3) is 0.367. The Labute approximate surface area is 213 Å². The minimum atomic E-state index is -0.662. The molecule has 1 aromatic heterocycles. The van der Waals surface area contributed by atoms with Gasteiger partial charge in [0.15, 0.2) is 6.10 Å². The van der Waals surface area contributed by atoms with E-state index in [2.05, 4.69) is 61.4 Å². The molecule has 0 bridgehead atoms. The first-order valence-corrected chi connectivity index (χ1v) is 12.6. The van der Waals surface area contributed by atoms with Gasteiger partial charge in [0, 0.05) is 31.9 Å². The molecule has 2 aromatic carbocycles. The zero-order valence-corrected chi connectivity index (χ0v) is 21.5. The quantitative estimate of drug-likeness (QED) is 0.488. The van der Waals surface area contributed by atoms with Crippen LogP contribution in [0.25, 0.3) is 0 Å². The number of pyridine rings is 1. The zero-order chi connectivity index (χ0) is 25.7. The Morgan fingerprint density at radius 3 is 2.47 bits per heavy atom. The number of hydrogen-bond donors (Lipinski definition) is 1. The van der Waals surface area contributed by atoms with Crippen molar-refractivity contribution < 1.29 is 14.3 Å². The smallest absolute Gasteiger partial charge is 0.261 e. The lowest BCUT2D eigenvalue weighted by molar-refractivity contribution is -0.134. The molecule has 1 aliphatic heterocycles. The number of aromatic nitrogens is 1. The van der Waals surface area contributed by atoms with Crippen molar-refractivity contribution in [2.75, 3.05) is 6.54 Å². The van der Waals surface area contributed by atoms with Crippen LogP contribution in [0.3, 0.4) is 0 Å². The van der Waals surface area contributed by atoms with Gasteiger partial charge in [-0.05, 0) is 72.7 Å². The molecule has 4 rings (SSSR count). The van der Waals surface area contributed by atoms with Gasteiger partial charge in [0.05, 0.1) is 6.04 Å². The summed E-state index contributed by atoms with van der Waals surface area (Å²) >= 11 is 0. The van der Waals surface area contributed by atoms with Gasteiger partial charge in [-0.3, -0.25) is 14.6 Å². The molecule has 6 heteroatoms. The van der Waals surface area contributed by atoms with Crippen LogP contribution >= 0.6 is 0 Å². The summed E-state index contributed by atoms with van der Waals surface area (Å²) in [5, 5.41) is 2.92. The van der Waals surface area contributed by atoms with Gasteiger partial charge in [0.25, 0.3) is 5.91 Å². The molecular weight excluding hydrogens is 450 g/mol. The van der Waals surface area contributed by atoms with E-state index in [1.54, 1.807) is 19.3 Å². The summed E-state index contributed by atoms with van der Waals surface area (Å²) in [4.78, 5) is 31.9. The Morgan fingerprint density at radius 2 is 1.78 bits per heavy atom. The highest BCUT2D eigenvalue weighted by Gasteiger charge is 2.32.